The third kappa shape index (κ3) is 3.76. The minimum atomic E-state index is -0.410. The van der Waals surface area contributed by atoms with E-state index in [1.807, 2.05) is 19.2 Å². The van der Waals surface area contributed by atoms with Crippen LogP contribution in [0.2, 0.25) is 0 Å². The van der Waals surface area contributed by atoms with Crippen molar-refractivity contribution in [3.8, 4) is 0 Å². The highest BCUT2D eigenvalue weighted by Gasteiger charge is 2.34. The third-order valence-electron chi connectivity index (χ3n) is 6.23. The predicted octanol–water partition coefficient (Wildman–Crippen LogP) is 1.95. The molecule has 2 unspecified atom stereocenters. The van der Waals surface area contributed by atoms with Crippen molar-refractivity contribution in [3.63, 3.8) is 0 Å². The molecule has 8 nitrogen and oxygen atoms in total. The van der Waals surface area contributed by atoms with Crippen LogP contribution in [0.15, 0.2) is 48.9 Å². The number of aromatic nitrogens is 4. The molecule has 1 saturated heterocycles. The minimum Gasteiger partial charge on any atom is -0.390 e. The van der Waals surface area contributed by atoms with Crippen LogP contribution in [0.4, 0.5) is 17.5 Å². The second-order valence-corrected chi connectivity index (χ2v) is 8.09. The van der Waals surface area contributed by atoms with Gasteiger partial charge in [-0.25, -0.2) is 9.97 Å². The van der Waals surface area contributed by atoms with E-state index in [-0.39, 0.29) is 6.04 Å². The minimum absolute atomic E-state index is 0.184. The summed E-state index contributed by atoms with van der Waals surface area (Å²) < 4.78 is 1.76. The molecule has 156 valence electrons. The van der Waals surface area contributed by atoms with Gasteiger partial charge >= 0.3 is 0 Å². The SMILES string of the molecule is Cn1nccc1Nc1cc(N2CCC(N3CCc4ccccc4C3)C(O)C2)ncn1. The van der Waals surface area contributed by atoms with E-state index in [0.29, 0.717) is 12.4 Å². The summed E-state index contributed by atoms with van der Waals surface area (Å²) in [6, 6.07) is 12.7. The molecule has 3 aromatic rings. The van der Waals surface area contributed by atoms with Crippen LogP contribution in [0.25, 0.3) is 0 Å². The molecular weight excluding hydrogens is 378 g/mol. The van der Waals surface area contributed by atoms with Crippen LogP contribution in [-0.2, 0) is 20.0 Å². The van der Waals surface area contributed by atoms with Gasteiger partial charge in [-0.05, 0) is 24.0 Å². The molecule has 2 aliphatic rings. The number of nitrogens with one attached hydrogen (secondary N) is 1. The molecule has 0 radical (unpaired) electrons. The molecule has 4 heterocycles. The standard InChI is InChI=1S/C22H27N7O/c1-27-21(6-9-25-27)26-20-12-22(24-15-23-20)29-11-8-18(19(30)14-29)28-10-7-16-4-2-3-5-17(16)13-28/h2-6,9,12,15,18-19,30H,7-8,10-11,13-14H2,1H3,(H,23,24,26). The molecule has 8 heteroatoms. The van der Waals surface area contributed by atoms with Crippen molar-refractivity contribution in [2.75, 3.05) is 29.9 Å². The zero-order valence-corrected chi connectivity index (χ0v) is 17.1. The van der Waals surface area contributed by atoms with Crippen LogP contribution in [0.1, 0.15) is 17.5 Å². The maximum absolute atomic E-state index is 11.0. The smallest absolute Gasteiger partial charge is 0.137 e. The van der Waals surface area contributed by atoms with Gasteiger partial charge in [-0.15, -0.1) is 0 Å². The molecule has 1 aromatic carbocycles. The Kier molecular flexibility index (Phi) is 5.10. The maximum atomic E-state index is 11.0. The molecule has 0 saturated carbocycles. The summed E-state index contributed by atoms with van der Waals surface area (Å²) in [4.78, 5) is 13.4. The normalized spacial score (nSPS) is 22.0. The van der Waals surface area contributed by atoms with Gasteiger partial charge in [-0.1, -0.05) is 24.3 Å². The fraction of sp³-hybridized carbons (Fsp3) is 0.409. The van der Waals surface area contributed by atoms with Crippen LogP contribution in [0, 0.1) is 0 Å². The number of rotatable bonds is 4. The molecule has 0 amide bonds. The molecule has 1 fully saturated rings. The molecule has 2 aliphatic heterocycles. The van der Waals surface area contributed by atoms with Crippen molar-refractivity contribution in [1.82, 2.24) is 24.6 Å². The van der Waals surface area contributed by atoms with Gasteiger partial charge in [0.15, 0.2) is 0 Å². The van der Waals surface area contributed by atoms with Crippen molar-refractivity contribution in [3.05, 3.63) is 60.0 Å². The fourth-order valence-electron chi connectivity index (χ4n) is 4.57. The van der Waals surface area contributed by atoms with E-state index in [1.54, 1.807) is 17.2 Å². The second-order valence-electron chi connectivity index (χ2n) is 8.09. The Bertz CT molecular complexity index is 1020. The number of benzene rings is 1. The van der Waals surface area contributed by atoms with Crippen molar-refractivity contribution >= 4 is 17.5 Å². The number of β-amino-alcohol motifs (C(OH)–C–C–N with tert-alkyl or cyclic N) is 1. The summed E-state index contributed by atoms with van der Waals surface area (Å²) in [5, 5.41) is 18.4. The number of piperidine rings is 1. The fourth-order valence-corrected chi connectivity index (χ4v) is 4.57. The lowest BCUT2D eigenvalue weighted by Gasteiger charge is -2.43. The highest BCUT2D eigenvalue weighted by Crippen LogP contribution is 2.27. The lowest BCUT2D eigenvalue weighted by molar-refractivity contribution is 0.0293. The van der Waals surface area contributed by atoms with Gasteiger partial charge in [0, 0.05) is 51.4 Å². The van der Waals surface area contributed by atoms with E-state index in [9.17, 15) is 5.11 Å². The zero-order chi connectivity index (χ0) is 20.5. The summed E-state index contributed by atoms with van der Waals surface area (Å²) in [5.74, 6) is 2.41. The number of aryl methyl sites for hydroxylation is 1. The number of nitrogens with zero attached hydrogens (tertiary/aromatic N) is 6. The molecule has 0 bridgehead atoms. The Morgan fingerprint density at radius 1 is 1.10 bits per heavy atom. The topological polar surface area (TPSA) is 82.3 Å². The van der Waals surface area contributed by atoms with E-state index in [0.717, 1.165) is 44.1 Å². The quantitative estimate of drug-likeness (QED) is 0.687. The lowest BCUT2D eigenvalue weighted by atomic mass is 9.94. The number of hydrogen-bond donors (Lipinski definition) is 2. The Morgan fingerprint density at radius 3 is 2.77 bits per heavy atom. The van der Waals surface area contributed by atoms with Crippen molar-refractivity contribution in [1.29, 1.82) is 0 Å². The van der Waals surface area contributed by atoms with E-state index in [2.05, 4.69) is 54.4 Å². The number of aliphatic hydroxyl groups excluding tert-OH is 1. The molecule has 2 aromatic heterocycles. The highest BCUT2D eigenvalue weighted by atomic mass is 16.3. The van der Waals surface area contributed by atoms with Crippen LogP contribution >= 0.6 is 0 Å². The largest absolute Gasteiger partial charge is 0.390 e. The third-order valence-corrected chi connectivity index (χ3v) is 6.23. The van der Waals surface area contributed by atoms with Crippen molar-refractivity contribution in [2.24, 2.45) is 7.05 Å². The Labute approximate surface area is 176 Å². The Balaban J connectivity index is 1.25. The van der Waals surface area contributed by atoms with Gasteiger partial charge in [0.2, 0.25) is 0 Å². The van der Waals surface area contributed by atoms with Gasteiger partial charge in [0.05, 0.1) is 12.3 Å². The molecule has 2 atom stereocenters. The summed E-state index contributed by atoms with van der Waals surface area (Å²) in [7, 11) is 1.88. The summed E-state index contributed by atoms with van der Waals surface area (Å²) in [6.45, 7) is 3.36. The number of aliphatic hydroxyl groups is 1. The average molecular weight is 406 g/mol. The molecular formula is C22H27N7O. The summed E-state index contributed by atoms with van der Waals surface area (Å²) in [6.07, 6.45) is 4.86. The monoisotopic (exact) mass is 405 g/mol. The second kappa shape index (κ2) is 8.04. The first-order chi connectivity index (χ1) is 14.7. The molecule has 30 heavy (non-hydrogen) atoms. The van der Waals surface area contributed by atoms with E-state index < -0.39 is 6.10 Å². The first kappa shape index (κ1) is 19.0. The van der Waals surface area contributed by atoms with Gasteiger partial charge < -0.3 is 15.3 Å². The van der Waals surface area contributed by atoms with E-state index in [1.165, 1.54) is 11.1 Å². The lowest BCUT2D eigenvalue weighted by Crippen LogP contribution is -2.55. The first-order valence-corrected chi connectivity index (χ1v) is 10.5. The van der Waals surface area contributed by atoms with Crippen molar-refractivity contribution < 1.29 is 5.11 Å². The number of fused-ring (bicyclic) bond motifs is 1. The van der Waals surface area contributed by atoms with E-state index >= 15 is 0 Å². The van der Waals surface area contributed by atoms with Crippen LogP contribution < -0.4 is 10.2 Å². The van der Waals surface area contributed by atoms with Crippen LogP contribution in [-0.4, -0.2) is 61.5 Å². The molecule has 0 spiro atoms. The molecule has 0 aliphatic carbocycles. The highest BCUT2D eigenvalue weighted by molar-refractivity contribution is 5.56. The maximum Gasteiger partial charge on any atom is 0.137 e. The van der Waals surface area contributed by atoms with Gasteiger partial charge in [-0.3, -0.25) is 9.58 Å². The molecule has 5 rings (SSSR count). The Hall–Kier alpha value is -2.97. The number of hydrogen-bond acceptors (Lipinski definition) is 7. The van der Waals surface area contributed by atoms with Gasteiger partial charge in [0.25, 0.3) is 0 Å². The number of anilines is 3. The average Bonchev–Trinajstić information content (AvgIpc) is 3.18. The van der Waals surface area contributed by atoms with Gasteiger partial charge in [-0.2, -0.15) is 5.10 Å². The van der Waals surface area contributed by atoms with Gasteiger partial charge in [0.1, 0.15) is 23.8 Å². The zero-order valence-electron chi connectivity index (χ0n) is 17.1. The van der Waals surface area contributed by atoms with E-state index in [4.69, 9.17) is 0 Å². The van der Waals surface area contributed by atoms with Crippen LogP contribution in [0.3, 0.4) is 0 Å². The molecule has 2 N–H and O–H groups in total. The summed E-state index contributed by atoms with van der Waals surface area (Å²) >= 11 is 0. The summed E-state index contributed by atoms with van der Waals surface area (Å²) in [5.41, 5.74) is 2.83. The predicted molar refractivity (Wildman–Crippen MR) is 116 cm³/mol. The first-order valence-electron chi connectivity index (χ1n) is 10.5. The van der Waals surface area contributed by atoms with Crippen LogP contribution in [0.5, 0.6) is 0 Å². The van der Waals surface area contributed by atoms with Crippen molar-refractivity contribution in [2.45, 2.75) is 31.5 Å². The Morgan fingerprint density at radius 2 is 1.97 bits per heavy atom.